The first-order valence-electron chi connectivity index (χ1n) is 3.33. The highest BCUT2D eigenvalue weighted by atomic mass is 35.5. The van der Waals surface area contributed by atoms with E-state index >= 15 is 0 Å². The molecule has 0 fully saturated rings. The molecule has 0 atom stereocenters. The molecule has 0 bridgehead atoms. The van der Waals surface area contributed by atoms with Crippen LogP contribution in [0.15, 0.2) is 24.4 Å². The molecule has 0 N–H and O–H groups in total. The molecule has 0 saturated carbocycles. The first-order valence-corrected chi connectivity index (χ1v) is 3.33. The van der Waals surface area contributed by atoms with Crippen molar-refractivity contribution in [1.29, 1.82) is 0 Å². The number of hydrogen-bond donors (Lipinski definition) is 0. The summed E-state index contributed by atoms with van der Waals surface area (Å²) in [4.78, 5) is 6.28. The van der Waals surface area contributed by atoms with Crippen molar-refractivity contribution in [2.75, 3.05) is 14.1 Å². The summed E-state index contributed by atoms with van der Waals surface area (Å²) in [5, 5.41) is 0. The fourth-order valence-corrected chi connectivity index (χ4v) is 0.816. The van der Waals surface area contributed by atoms with Crippen LogP contribution in [0.1, 0.15) is 5.69 Å². The molecule has 0 radical (unpaired) electrons. The van der Waals surface area contributed by atoms with Gasteiger partial charge in [0.1, 0.15) is 0 Å². The van der Waals surface area contributed by atoms with Crippen molar-refractivity contribution in [3.05, 3.63) is 30.1 Å². The summed E-state index contributed by atoms with van der Waals surface area (Å²) in [7, 11) is 4.07. The second-order valence-corrected chi connectivity index (χ2v) is 2.56. The number of hydrogen-bond acceptors (Lipinski definition) is 2. The van der Waals surface area contributed by atoms with Gasteiger partial charge in [-0.25, -0.2) is 0 Å². The minimum atomic E-state index is 0. The average molecular weight is 209 g/mol. The van der Waals surface area contributed by atoms with Crippen LogP contribution in [0.4, 0.5) is 0 Å². The summed E-state index contributed by atoms with van der Waals surface area (Å²) >= 11 is 0. The van der Waals surface area contributed by atoms with Gasteiger partial charge in [-0.05, 0) is 26.2 Å². The van der Waals surface area contributed by atoms with Gasteiger partial charge < -0.3 is 4.90 Å². The summed E-state index contributed by atoms with van der Waals surface area (Å²) in [6.07, 6.45) is 1.82. The zero-order chi connectivity index (χ0) is 7.40. The van der Waals surface area contributed by atoms with Crippen LogP contribution in [0, 0.1) is 0 Å². The molecule has 0 saturated heterocycles. The Hall–Kier alpha value is -0.310. The number of nitrogens with zero attached hydrogens (tertiary/aromatic N) is 2. The molecule has 0 aliphatic carbocycles. The van der Waals surface area contributed by atoms with E-state index in [-0.39, 0.29) is 24.8 Å². The predicted octanol–water partition coefficient (Wildman–Crippen LogP) is 1.99. The van der Waals surface area contributed by atoms with Crippen LogP contribution in [0.3, 0.4) is 0 Å². The third kappa shape index (κ3) is 5.35. The molecule has 0 aliphatic rings. The minimum absolute atomic E-state index is 0. The van der Waals surface area contributed by atoms with Gasteiger partial charge in [-0.2, -0.15) is 0 Å². The highest BCUT2D eigenvalue weighted by Crippen LogP contribution is 1.94. The Bertz CT molecular complexity index is 190. The molecule has 1 aromatic rings. The van der Waals surface area contributed by atoms with Crippen LogP contribution in [0.2, 0.25) is 0 Å². The summed E-state index contributed by atoms with van der Waals surface area (Å²) in [5.41, 5.74) is 1.12. The third-order valence-corrected chi connectivity index (χ3v) is 1.20. The summed E-state index contributed by atoms with van der Waals surface area (Å²) < 4.78 is 0. The molecular formula is C8H14Cl2N2. The van der Waals surface area contributed by atoms with Crippen LogP contribution in [0.25, 0.3) is 0 Å². The van der Waals surface area contributed by atoms with Crippen molar-refractivity contribution in [2.24, 2.45) is 0 Å². The first-order chi connectivity index (χ1) is 4.79. The van der Waals surface area contributed by atoms with Crippen molar-refractivity contribution in [3.8, 4) is 0 Å². The first kappa shape index (κ1) is 14.2. The fraction of sp³-hybridized carbons (Fsp3) is 0.375. The molecule has 4 heteroatoms. The van der Waals surface area contributed by atoms with E-state index in [1.807, 2.05) is 38.5 Å². The molecule has 0 aromatic carbocycles. The molecule has 0 spiro atoms. The van der Waals surface area contributed by atoms with E-state index in [1.165, 1.54) is 0 Å². The van der Waals surface area contributed by atoms with Gasteiger partial charge in [0.25, 0.3) is 0 Å². The lowest BCUT2D eigenvalue weighted by molar-refractivity contribution is 0.397. The van der Waals surface area contributed by atoms with Gasteiger partial charge >= 0.3 is 0 Å². The molecule has 12 heavy (non-hydrogen) atoms. The normalized spacial score (nSPS) is 8.58. The second kappa shape index (κ2) is 7.35. The van der Waals surface area contributed by atoms with Gasteiger partial charge in [0.15, 0.2) is 0 Å². The van der Waals surface area contributed by atoms with Gasteiger partial charge in [-0.3, -0.25) is 4.98 Å². The summed E-state index contributed by atoms with van der Waals surface area (Å²) in [5.74, 6) is 0. The largest absolute Gasteiger partial charge is 0.304 e. The van der Waals surface area contributed by atoms with Crippen molar-refractivity contribution < 1.29 is 0 Å². The smallest absolute Gasteiger partial charge is 0.0543 e. The molecule has 1 aromatic heterocycles. The third-order valence-electron chi connectivity index (χ3n) is 1.20. The standard InChI is InChI=1S/C8H12N2.2ClH/c1-10(2)7-8-5-3-4-6-9-8;;/h3-6H,7H2,1-2H3;2*1H. The van der Waals surface area contributed by atoms with E-state index in [4.69, 9.17) is 0 Å². The molecular weight excluding hydrogens is 195 g/mol. The predicted molar refractivity (Wildman–Crippen MR) is 56.1 cm³/mol. The number of halogens is 2. The monoisotopic (exact) mass is 208 g/mol. The van der Waals surface area contributed by atoms with E-state index in [9.17, 15) is 0 Å². The molecule has 0 aliphatic heterocycles. The topological polar surface area (TPSA) is 16.1 Å². The second-order valence-electron chi connectivity index (χ2n) is 2.56. The Morgan fingerprint density at radius 2 is 1.92 bits per heavy atom. The van der Waals surface area contributed by atoms with Crippen molar-refractivity contribution in [1.82, 2.24) is 9.88 Å². The number of aromatic nitrogens is 1. The average Bonchev–Trinajstić information content (AvgIpc) is 1.88. The maximum atomic E-state index is 4.18. The number of rotatable bonds is 2. The van der Waals surface area contributed by atoms with Gasteiger partial charge in [0, 0.05) is 12.7 Å². The van der Waals surface area contributed by atoms with Crippen molar-refractivity contribution in [3.63, 3.8) is 0 Å². The Balaban J connectivity index is 0. The Morgan fingerprint density at radius 3 is 2.33 bits per heavy atom. The fourth-order valence-electron chi connectivity index (χ4n) is 0.816. The molecule has 1 heterocycles. The quantitative estimate of drug-likeness (QED) is 0.740. The number of pyridine rings is 1. The van der Waals surface area contributed by atoms with E-state index < -0.39 is 0 Å². The van der Waals surface area contributed by atoms with Crippen molar-refractivity contribution in [2.45, 2.75) is 6.54 Å². The molecule has 70 valence electrons. The zero-order valence-electron chi connectivity index (χ0n) is 7.23. The zero-order valence-corrected chi connectivity index (χ0v) is 8.86. The van der Waals surface area contributed by atoms with Gasteiger partial charge in [0.2, 0.25) is 0 Å². The lowest BCUT2D eigenvalue weighted by Gasteiger charge is -2.07. The lowest BCUT2D eigenvalue weighted by Crippen LogP contribution is -2.11. The van der Waals surface area contributed by atoms with Crippen LogP contribution in [-0.4, -0.2) is 24.0 Å². The van der Waals surface area contributed by atoms with Gasteiger partial charge in [0.05, 0.1) is 5.69 Å². The Labute approximate surface area is 85.8 Å². The van der Waals surface area contributed by atoms with Crippen molar-refractivity contribution >= 4 is 24.8 Å². The minimum Gasteiger partial charge on any atom is -0.304 e. The van der Waals surface area contributed by atoms with Gasteiger partial charge in [-0.15, -0.1) is 24.8 Å². The van der Waals surface area contributed by atoms with E-state index in [2.05, 4.69) is 9.88 Å². The van der Waals surface area contributed by atoms with E-state index in [0.29, 0.717) is 0 Å². The van der Waals surface area contributed by atoms with Crippen LogP contribution < -0.4 is 0 Å². The Morgan fingerprint density at radius 1 is 1.25 bits per heavy atom. The maximum absolute atomic E-state index is 4.18. The van der Waals surface area contributed by atoms with E-state index in [0.717, 1.165) is 12.2 Å². The molecule has 1 rings (SSSR count). The molecule has 0 unspecified atom stereocenters. The summed E-state index contributed by atoms with van der Waals surface area (Å²) in [6.45, 7) is 0.918. The SMILES string of the molecule is CN(C)Cc1ccccn1.Cl.Cl. The lowest BCUT2D eigenvalue weighted by atomic mass is 10.3. The highest BCUT2D eigenvalue weighted by Gasteiger charge is 1.92. The molecule has 0 amide bonds. The van der Waals surface area contributed by atoms with Gasteiger partial charge in [-0.1, -0.05) is 6.07 Å². The summed E-state index contributed by atoms with van der Waals surface area (Å²) in [6, 6.07) is 5.96. The highest BCUT2D eigenvalue weighted by molar-refractivity contribution is 5.85. The van der Waals surface area contributed by atoms with E-state index in [1.54, 1.807) is 0 Å². The Kier molecular flexibility index (Phi) is 8.71. The molecule has 2 nitrogen and oxygen atoms in total. The maximum Gasteiger partial charge on any atom is 0.0543 e. The van der Waals surface area contributed by atoms with Crippen LogP contribution >= 0.6 is 24.8 Å². The van der Waals surface area contributed by atoms with Crippen LogP contribution in [0.5, 0.6) is 0 Å². The van der Waals surface area contributed by atoms with Crippen LogP contribution in [-0.2, 0) is 6.54 Å².